The molecule has 120 valence electrons. The molecule has 20 heavy (non-hydrogen) atoms. The highest BCUT2D eigenvalue weighted by molar-refractivity contribution is 4.94. The minimum Gasteiger partial charge on any atom is -0.395 e. The number of hydrogen-bond donors (Lipinski definition) is 4. The monoisotopic (exact) mass is 289 g/mol. The van der Waals surface area contributed by atoms with Crippen molar-refractivity contribution in [3.8, 4) is 0 Å². The Labute approximate surface area is 122 Å². The van der Waals surface area contributed by atoms with Gasteiger partial charge in [0.25, 0.3) is 0 Å². The first-order chi connectivity index (χ1) is 9.54. The molecule has 1 saturated heterocycles. The van der Waals surface area contributed by atoms with Gasteiger partial charge in [-0.25, -0.2) is 0 Å². The Hall–Kier alpha value is -0.200. The fraction of sp³-hybridized carbons (Fsp3) is 1.00. The van der Waals surface area contributed by atoms with Crippen molar-refractivity contribution in [3.05, 3.63) is 0 Å². The molecule has 4 N–H and O–H groups in total. The summed E-state index contributed by atoms with van der Waals surface area (Å²) in [5.74, 6) is 0.658. The topological polar surface area (TPSA) is 84.2 Å². The van der Waals surface area contributed by atoms with Crippen LogP contribution in [-0.2, 0) is 0 Å². The molecule has 0 aliphatic carbocycles. The lowest BCUT2D eigenvalue weighted by Crippen LogP contribution is -2.62. The molecule has 0 bridgehead atoms. The first-order valence-electron chi connectivity index (χ1n) is 7.94. The highest BCUT2D eigenvalue weighted by Crippen LogP contribution is 2.23. The summed E-state index contributed by atoms with van der Waals surface area (Å²) < 4.78 is 0. The van der Waals surface area contributed by atoms with E-state index in [-0.39, 0.29) is 6.61 Å². The smallest absolute Gasteiger partial charge is 0.109 e. The predicted octanol–water partition coefficient (Wildman–Crippen LogP) is 0.352. The number of rotatable bonds is 8. The lowest BCUT2D eigenvalue weighted by atomic mass is 9.91. The van der Waals surface area contributed by atoms with Gasteiger partial charge in [0.1, 0.15) is 12.2 Å². The van der Waals surface area contributed by atoms with Crippen molar-refractivity contribution in [1.29, 1.82) is 0 Å². The second-order valence-corrected chi connectivity index (χ2v) is 6.03. The molecule has 1 aliphatic rings. The summed E-state index contributed by atoms with van der Waals surface area (Å²) in [6.07, 6.45) is 2.54. The Morgan fingerprint density at radius 3 is 2.10 bits per heavy atom. The van der Waals surface area contributed by atoms with Gasteiger partial charge < -0.3 is 20.4 Å². The molecule has 1 rings (SSSR count). The molecule has 5 nitrogen and oxygen atoms in total. The van der Waals surface area contributed by atoms with Crippen LogP contribution in [0.1, 0.15) is 46.0 Å². The van der Waals surface area contributed by atoms with Crippen molar-refractivity contribution in [2.24, 2.45) is 5.92 Å². The highest BCUT2D eigenvalue weighted by Gasteiger charge is 2.40. The van der Waals surface area contributed by atoms with Crippen LogP contribution >= 0.6 is 0 Å². The van der Waals surface area contributed by atoms with Crippen molar-refractivity contribution in [2.45, 2.75) is 70.3 Å². The zero-order valence-electron chi connectivity index (χ0n) is 12.8. The van der Waals surface area contributed by atoms with Gasteiger partial charge >= 0.3 is 0 Å². The first-order valence-corrected chi connectivity index (χ1v) is 7.94. The largest absolute Gasteiger partial charge is 0.395 e. The summed E-state index contributed by atoms with van der Waals surface area (Å²) in [6.45, 7) is 5.23. The van der Waals surface area contributed by atoms with Crippen LogP contribution in [0.25, 0.3) is 0 Å². The van der Waals surface area contributed by atoms with Gasteiger partial charge in [0, 0.05) is 6.54 Å². The minimum absolute atomic E-state index is 0.197. The van der Waals surface area contributed by atoms with Crippen LogP contribution < -0.4 is 0 Å². The van der Waals surface area contributed by atoms with Crippen LogP contribution in [0.15, 0.2) is 0 Å². The Bertz CT molecular complexity index is 258. The zero-order valence-corrected chi connectivity index (χ0v) is 12.8. The number of aliphatic hydroxyl groups is 4. The fourth-order valence-corrected chi connectivity index (χ4v) is 3.23. The molecule has 5 heteroatoms. The highest BCUT2D eigenvalue weighted by atomic mass is 16.4. The van der Waals surface area contributed by atoms with Gasteiger partial charge in [-0.15, -0.1) is 0 Å². The molecular weight excluding hydrogens is 258 g/mol. The van der Waals surface area contributed by atoms with Gasteiger partial charge in [0.2, 0.25) is 0 Å². The summed E-state index contributed by atoms with van der Waals surface area (Å²) >= 11 is 0. The van der Waals surface area contributed by atoms with Crippen LogP contribution in [-0.4, -0.2) is 69.4 Å². The van der Waals surface area contributed by atoms with E-state index in [1.165, 1.54) is 12.8 Å². The van der Waals surface area contributed by atoms with Crippen LogP contribution in [0.5, 0.6) is 0 Å². The zero-order chi connectivity index (χ0) is 15.1. The van der Waals surface area contributed by atoms with Gasteiger partial charge in [-0.05, 0) is 18.9 Å². The summed E-state index contributed by atoms with van der Waals surface area (Å²) in [4.78, 5) is 1.92. The van der Waals surface area contributed by atoms with Crippen molar-refractivity contribution < 1.29 is 20.4 Å². The maximum atomic E-state index is 9.94. The van der Waals surface area contributed by atoms with Gasteiger partial charge in [0.05, 0.1) is 18.8 Å². The molecule has 0 spiro atoms. The van der Waals surface area contributed by atoms with Crippen LogP contribution in [0.4, 0.5) is 0 Å². The first kappa shape index (κ1) is 17.9. The number of nitrogens with zero attached hydrogens (tertiary/aromatic N) is 1. The van der Waals surface area contributed by atoms with Gasteiger partial charge in [-0.2, -0.15) is 0 Å². The average Bonchev–Trinajstić information content (AvgIpc) is 2.43. The molecule has 1 fully saturated rings. The second-order valence-electron chi connectivity index (χ2n) is 6.03. The normalized spacial score (nSPS) is 31.9. The Morgan fingerprint density at radius 1 is 1.00 bits per heavy atom. The lowest BCUT2D eigenvalue weighted by molar-refractivity contribution is -0.145. The molecule has 4 atom stereocenters. The summed E-state index contributed by atoms with van der Waals surface area (Å²) in [5.41, 5.74) is 0. The number of piperidine rings is 1. The average molecular weight is 289 g/mol. The number of hydrogen-bond acceptors (Lipinski definition) is 5. The standard InChI is InChI=1S/C15H31NO4/c1-3-5-11(6-4-2)7-8-16-9-13(18)15(20)14(19)12(16)10-17/h11-15,17-20H,3-10H2,1-2H3/t12-,13+,14-,15-/m1/s1. The van der Waals surface area contributed by atoms with Crippen LogP contribution in [0, 0.1) is 5.92 Å². The maximum absolute atomic E-state index is 9.94. The van der Waals surface area contributed by atoms with Crippen molar-refractivity contribution in [2.75, 3.05) is 19.7 Å². The van der Waals surface area contributed by atoms with Crippen LogP contribution in [0.2, 0.25) is 0 Å². The van der Waals surface area contributed by atoms with Crippen molar-refractivity contribution in [3.63, 3.8) is 0 Å². The third kappa shape index (κ3) is 4.67. The minimum atomic E-state index is -1.16. The molecule has 0 radical (unpaired) electrons. The van der Waals surface area contributed by atoms with E-state index in [1.54, 1.807) is 0 Å². The molecule has 1 heterocycles. The van der Waals surface area contributed by atoms with E-state index in [2.05, 4.69) is 13.8 Å². The Morgan fingerprint density at radius 2 is 1.60 bits per heavy atom. The van der Waals surface area contributed by atoms with E-state index < -0.39 is 24.4 Å². The van der Waals surface area contributed by atoms with Gasteiger partial charge in [0.15, 0.2) is 0 Å². The number of aliphatic hydroxyl groups excluding tert-OH is 4. The van der Waals surface area contributed by atoms with E-state index in [9.17, 15) is 20.4 Å². The third-order valence-corrected chi connectivity index (χ3v) is 4.43. The summed E-state index contributed by atoms with van der Waals surface area (Å²) in [6, 6.07) is -0.475. The summed E-state index contributed by atoms with van der Waals surface area (Å²) in [7, 11) is 0. The molecular formula is C15H31NO4. The third-order valence-electron chi connectivity index (χ3n) is 4.43. The van der Waals surface area contributed by atoms with Crippen LogP contribution in [0.3, 0.4) is 0 Å². The fourth-order valence-electron chi connectivity index (χ4n) is 3.23. The van der Waals surface area contributed by atoms with E-state index in [0.717, 1.165) is 25.8 Å². The predicted molar refractivity (Wildman–Crippen MR) is 78.4 cm³/mol. The molecule has 0 aromatic heterocycles. The molecule has 0 unspecified atom stereocenters. The molecule has 0 saturated carbocycles. The van der Waals surface area contributed by atoms with E-state index in [1.807, 2.05) is 4.90 Å². The maximum Gasteiger partial charge on any atom is 0.109 e. The van der Waals surface area contributed by atoms with Crippen molar-refractivity contribution in [1.82, 2.24) is 4.90 Å². The van der Waals surface area contributed by atoms with E-state index in [0.29, 0.717) is 12.5 Å². The number of likely N-dealkylation sites (tertiary alicyclic amines) is 1. The second kappa shape index (κ2) is 8.95. The SMILES string of the molecule is CCCC(CCC)CCN1C[C@H](O)[C@@H](O)[C@H](O)[C@H]1CO. The van der Waals surface area contributed by atoms with E-state index in [4.69, 9.17) is 0 Å². The summed E-state index contributed by atoms with van der Waals surface area (Å²) in [5, 5.41) is 38.8. The lowest BCUT2D eigenvalue weighted by Gasteiger charge is -2.43. The molecule has 0 aromatic rings. The molecule has 0 amide bonds. The van der Waals surface area contributed by atoms with Gasteiger partial charge in [-0.3, -0.25) is 4.90 Å². The Balaban J connectivity index is 2.55. The molecule has 0 aromatic carbocycles. The Kier molecular flexibility index (Phi) is 7.99. The van der Waals surface area contributed by atoms with E-state index >= 15 is 0 Å². The molecule has 1 aliphatic heterocycles. The van der Waals surface area contributed by atoms with Crippen molar-refractivity contribution >= 4 is 0 Å². The van der Waals surface area contributed by atoms with Gasteiger partial charge in [-0.1, -0.05) is 39.5 Å². The number of β-amino-alcohol motifs (C(OH)–C–C–N with tert-alkyl or cyclic N) is 1. The quantitative estimate of drug-likeness (QED) is 0.518.